The van der Waals surface area contributed by atoms with E-state index in [9.17, 15) is 4.79 Å². The van der Waals surface area contributed by atoms with E-state index in [0.29, 0.717) is 11.6 Å². The van der Waals surface area contributed by atoms with E-state index in [1.807, 2.05) is 43.5 Å². The fourth-order valence-electron chi connectivity index (χ4n) is 2.16. The highest BCUT2D eigenvalue weighted by atomic mass is 32.2. The van der Waals surface area contributed by atoms with Gasteiger partial charge in [-0.25, -0.2) is 4.68 Å². The maximum absolute atomic E-state index is 12.1. The van der Waals surface area contributed by atoms with Crippen LogP contribution in [0.3, 0.4) is 0 Å². The van der Waals surface area contributed by atoms with Gasteiger partial charge in [-0.1, -0.05) is 49.0 Å². The first-order chi connectivity index (χ1) is 9.16. The van der Waals surface area contributed by atoms with E-state index >= 15 is 0 Å². The molecule has 0 aliphatic carbocycles. The summed E-state index contributed by atoms with van der Waals surface area (Å²) in [6.07, 6.45) is 2.33. The fourth-order valence-corrected chi connectivity index (χ4v) is 2.64. The number of aromatic nitrogens is 4. The van der Waals surface area contributed by atoms with Crippen molar-refractivity contribution >= 4 is 17.7 Å². The highest BCUT2D eigenvalue weighted by Gasteiger charge is 2.42. The standard InChI is InChI=1S/C12H15N5OS/c1-3-12(10(13)18,9-7-5-4-6-8-9)17-11(19-2)14-15-16-17/h4-8H,3H2,1-2H3,(H2,13,18). The van der Waals surface area contributed by atoms with Crippen LogP contribution in [0.15, 0.2) is 35.5 Å². The van der Waals surface area contributed by atoms with E-state index < -0.39 is 11.4 Å². The Hall–Kier alpha value is -1.89. The lowest BCUT2D eigenvalue weighted by Crippen LogP contribution is -2.48. The molecule has 1 heterocycles. The van der Waals surface area contributed by atoms with Crippen molar-refractivity contribution in [1.29, 1.82) is 0 Å². The molecule has 2 N–H and O–H groups in total. The number of nitrogens with zero attached hydrogens (tertiary/aromatic N) is 4. The fraction of sp³-hybridized carbons (Fsp3) is 0.333. The van der Waals surface area contributed by atoms with Gasteiger partial charge in [0.1, 0.15) is 0 Å². The zero-order valence-electron chi connectivity index (χ0n) is 10.8. The van der Waals surface area contributed by atoms with E-state index in [1.54, 1.807) is 0 Å². The van der Waals surface area contributed by atoms with Gasteiger partial charge in [-0.3, -0.25) is 4.79 Å². The number of nitrogens with two attached hydrogens (primary N) is 1. The van der Waals surface area contributed by atoms with Crippen molar-refractivity contribution in [3.63, 3.8) is 0 Å². The molecular weight excluding hydrogens is 262 g/mol. The number of primary amides is 1. The quantitative estimate of drug-likeness (QED) is 0.825. The van der Waals surface area contributed by atoms with Crippen LogP contribution in [-0.2, 0) is 10.3 Å². The van der Waals surface area contributed by atoms with Gasteiger partial charge in [0, 0.05) is 0 Å². The number of hydrogen-bond donors (Lipinski definition) is 1. The second-order valence-electron chi connectivity index (χ2n) is 4.02. The highest BCUT2D eigenvalue weighted by molar-refractivity contribution is 7.98. The van der Waals surface area contributed by atoms with E-state index in [4.69, 9.17) is 5.73 Å². The van der Waals surface area contributed by atoms with Crippen molar-refractivity contribution in [3.8, 4) is 0 Å². The summed E-state index contributed by atoms with van der Waals surface area (Å²) in [7, 11) is 0. The molecule has 0 saturated carbocycles. The molecular formula is C12H15N5OS. The Morgan fingerprint density at radius 3 is 2.63 bits per heavy atom. The first-order valence-corrected chi connectivity index (χ1v) is 7.07. The first-order valence-electron chi connectivity index (χ1n) is 5.85. The van der Waals surface area contributed by atoms with E-state index in [0.717, 1.165) is 5.56 Å². The molecule has 1 amide bonds. The number of rotatable bonds is 5. The lowest BCUT2D eigenvalue weighted by molar-refractivity contribution is -0.125. The van der Waals surface area contributed by atoms with Gasteiger partial charge in [0.15, 0.2) is 5.54 Å². The third kappa shape index (κ3) is 2.10. The first kappa shape index (κ1) is 13.5. The molecule has 1 atom stereocenters. The Labute approximate surface area is 115 Å². The highest BCUT2D eigenvalue weighted by Crippen LogP contribution is 2.31. The van der Waals surface area contributed by atoms with Gasteiger partial charge < -0.3 is 5.73 Å². The molecule has 19 heavy (non-hydrogen) atoms. The van der Waals surface area contributed by atoms with Gasteiger partial charge in [-0.05, 0) is 28.7 Å². The number of tetrazole rings is 1. The van der Waals surface area contributed by atoms with Gasteiger partial charge >= 0.3 is 0 Å². The van der Waals surface area contributed by atoms with Crippen molar-refractivity contribution in [1.82, 2.24) is 20.2 Å². The third-order valence-electron chi connectivity index (χ3n) is 3.16. The van der Waals surface area contributed by atoms with Gasteiger partial charge in [-0.15, -0.1) is 5.10 Å². The molecule has 1 aromatic heterocycles. The summed E-state index contributed by atoms with van der Waals surface area (Å²) in [5.41, 5.74) is 5.40. The molecule has 0 radical (unpaired) electrons. The predicted molar refractivity (Wildman–Crippen MR) is 72.6 cm³/mol. The average molecular weight is 277 g/mol. The zero-order valence-corrected chi connectivity index (χ0v) is 11.6. The molecule has 0 fully saturated rings. The van der Waals surface area contributed by atoms with Crippen LogP contribution in [0.4, 0.5) is 0 Å². The lowest BCUT2D eigenvalue weighted by atomic mass is 9.86. The molecule has 6 nitrogen and oxygen atoms in total. The number of benzene rings is 1. The number of carbonyl (C=O) groups is 1. The molecule has 0 aliphatic heterocycles. The van der Waals surface area contributed by atoms with Crippen molar-refractivity contribution in [2.24, 2.45) is 5.73 Å². The summed E-state index contributed by atoms with van der Waals surface area (Å²) in [4.78, 5) is 12.1. The van der Waals surface area contributed by atoms with Crippen LogP contribution in [0.5, 0.6) is 0 Å². The van der Waals surface area contributed by atoms with Crippen molar-refractivity contribution in [3.05, 3.63) is 35.9 Å². The minimum Gasteiger partial charge on any atom is -0.367 e. The second kappa shape index (κ2) is 5.40. The molecule has 0 spiro atoms. The predicted octanol–water partition coefficient (Wildman–Crippen LogP) is 1.03. The molecule has 1 aromatic carbocycles. The third-order valence-corrected chi connectivity index (χ3v) is 3.78. The second-order valence-corrected chi connectivity index (χ2v) is 4.79. The van der Waals surface area contributed by atoms with Gasteiger partial charge in [0.25, 0.3) is 0 Å². The summed E-state index contributed by atoms with van der Waals surface area (Å²) in [6, 6.07) is 9.34. The maximum atomic E-state index is 12.1. The Bertz CT molecular complexity index is 571. The number of hydrogen-bond acceptors (Lipinski definition) is 5. The zero-order chi connectivity index (χ0) is 13.9. The molecule has 100 valence electrons. The smallest absolute Gasteiger partial charge is 0.250 e. The van der Waals surface area contributed by atoms with Crippen LogP contribution in [0.2, 0.25) is 0 Å². The van der Waals surface area contributed by atoms with Crippen molar-refractivity contribution < 1.29 is 4.79 Å². The Balaban J connectivity index is 2.69. The summed E-state index contributed by atoms with van der Waals surface area (Å²) in [5, 5.41) is 12.1. The largest absolute Gasteiger partial charge is 0.367 e. The van der Waals surface area contributed by atoms with E-state index in [2.05, 4.69) is 15.5 Å². The number of thioether (sulfide) groups is 1. The normalized spacial score (nSPS) is 14.0. The van der Waals surface area contributed by atoms with E-state index in [-0.39, 0.29) is 0 Å². The van der Waals surface area contributed by atoms with Crippen LogP contribution in [0, 0.1) is 0 Å². The van der Waals surface area contributed by atoms with Crippen molar-refractivity contribution in [2.75, 3.05) is 6.26 Å². The van der Waals surface area contributed by atoms with Crippen LogP contribution in [-0.4, -0.2) is 32.4 Å². The summed E-state index contributed by atoms with van der Waals surface area (Å²) in [5.74, 6) is -0.469. The van der Waals surface area contributed by atoms with E-state index in [1.165, 1.54) is 16.4 Å². The van der Waals surface area contributed by atoms with Crippen LogP contribution >= 0.6 is 11.8 Å². The number of amides is 1. The summed E-state index contributed by atoms with van der Waals surface area (Å²) in [6.45, 7) is 1.89. The maximum Gasteiger partial charge on any atom is 0.250 e. The Kier molecular flexibility index (Phi) is 3.84. The molecule has 0 bridgehead atoms. The Morgan fingerprint density at radius 1 is 1.42 bits per heavy atom. The van der Waals surface area contributed by atoms with Gasteiger partial charge in [0.2, 0.25) is 11.1 Å². The van der Waals surface area contributed by atoms with Crippen LogP contribution in [0.25, 0.3) is 0 Å². The van der Waals surface area contributed by atoms with Crippen LogP contribution < -0.4 is 5.73 Å². The van der Waals surface area contributed by atoms with Crippen molar-refractivity contribution in [2.45, 2.75) is 24.0 Å². The SMILES string of the molecule is CCC(C(N)=O)(c1ccccc1)n1nnnc1SC. The summed E-state index contributed by atoms with van der Waals surface area (Å²) < 4.78 is 1.51. The topological polar surface area (TPSA) is 86.7 Å². The van der Waals surface area contributed by atoms with Gasteiger partial charge in [-0.2, -0.15) is 0 Å². The minimum atomic E-state index is -1.05. The molecule has 7 heteroatoms. The monoisotopic (exact) mass is 277 g/mol. The Morgan fingerprint density at radius 2 is 2.11 bits per heavy atom. The molecule has 2 rings (SSSR count). The van der Waals surface area contributed by atoms with Crippen LogP contribution in [0.1, 0.15) is 18.9 Å². The average Bonchev–Trinajstić information content (AvgIpc) is 2.90. The van der Waals surface area contributed by atoms with Gasteiger partial charge in [0.05, 0.1) is 0 Å². The molecule has 2 aromatic rings. The minimum absolute atomic E-state index is 0.469. The molecule has 1 unspecified atom stereocenters. The number of carbonyl (C=O) groups excluding carboxylic acids is 1. The summed E-state index contributed by atoms with van der Waals surface area (Å²) >= 11 is 1.38. The lowest BCUT2D eigenvalue weighted by Gasteiger charge is -2.30. The molecule has 0 saturated heterocycles. The molecule has 0 aliphatic rings.